The number of sulfonamides is 1. The van der Waals surface area contributed by atoms with Gasteiger partial charge in [-0.2, -0.15) is 13.1 Å². The second-order valence-electron chi connectivity index (χ2n) is 5.48. The van der Waals surface area contributed by atoms with E-state index in [1.165, 1.54) is 18.2 Å². The van der Waals surface area contributed by atoms with E-state index >= 15 is 0 Å². The predicted octanol–water partition coefficient (Wildman–Crippen LogP) is 0.687. The van der Waals surface area contributed by atoms with Crippen LogP contribution < -0.4 is 14.6 Å². The van der Waals surface area contributed by atoms with Gasteiger partial charge in [-0.25, -0.2) is 13.6 Å². The summed E-state index contributed by atoms with van der Waals surface area (Å²) in [6.45, 7) is 6.65. The second kappa shape index (κ2) is 5.32. The maximum atomic E-state index is 11.9. The Morgan fingerprint density at radius 3 is 2.10 bits per heavy atom. The van der Waals surface area contributed by atoms with Gasteiger partial charge in [-0.05, 0) is 45.4 Å². The Labute approximate surface area is 119 Å². The van der Waals surface area contributed by atoms with Crippen molar-refractivity contribution >= 4 is 25.9 Å². The van der Waals surface area contributed by atoms with E-state index in [1.54, 1.807) is 27.7 Å². The van der Waals surface area contributed by atoms with Crippen LogP contribution in [0.1, 0.15) is 26.3 Å². The van der Waals surface area contributed by atoms with Crippen LogP contribution in [0.5, 0.6) is 0 Å². The highest BCUT2D eigenvalue weighted by molar-refractivity contribution is 7.90. The number of benzene rings is 1. The summed E-state index contributed by atoms with van der Waals surface area (Å²) >= 11 is 0. The number of aryl methyl sites for hydroxylation is 1. The van der Waals surface area contributed by atoms with Gasteiger partial charge in [0.25, 0.3) is 10.2 Å². The molecule has 114 valence electrons. The minimum absolute atomic E-state index is 0.117. The Kier molecular flexibility index (Phi) is 4.49. The van der Waals surface area contributed by atoms with Gasteiger partial charge in [-0.1, -0.05) is 6.07 Å². The number of nitrogens with one attached hydrogen (secondary N) is 2. The Hall–Kier alpha value is -1.16. The van der Waals surface area contributed by atoms with Gasteiger partial charge in [0.2, 0.25) is 10.0 Å². The average molecular weight is 321 g/mol. The molecule has 0 atom stereocenters. The number of hydrogen-bond donors (Lipinski definition) is 3. The molecule has 9 heteroatoms. The van der Waals surface area contributed by atoms with Crippen molar-refractivity contribution < 1.29 is 16.8 Å². The molecule has 0 bridgehead atoms. The van der Waals surface area contributed by atoms with Gasteiger partial charge < -0.3 is 0 Å². The number of anilines is 1. The van der Waals surface area contributed by atoms with Gasteiger partial charge in [-0.15, -0.1) is 0 Å². The van der Waals surface area contributed by atoms with Crippen LogP contribution in [0, 0.1) is 6.92 Å². The first-order chi connectivity index (χ1) is 8.80. The lowest BCUT2D eigenvalue weighted by Gasteiger charge is -2.21. The van der Waals surface area contributed by atoms with Crippen molar-refractivity contribution in [1.82, 2.24) is 4.72 Å². The number of hydrogen-bond acceptors (Lipinski definition) is 4. The summed E-state index contributed by atoms with van der Waals surface area (Å²) < 4.78 is 51.1. The number of primary sulfonamides is 1. The fourth-order valence-electron chi connectivity index (χ4n) is 1.55. The smallest absolute Gasteiger partial charge is 0.271 e. The lowest BCUT2D eigenvalue weighted by molar-refractivity contribution is 0.494. The maximum Gasteiger partial charge on any atom is 0.299 e. The Balaban J connectivity index is 3.13. The molecule has 20 heavy (non-hydrogen) atoms. The summed E-state index contributed by atoms with van der Waals surface area (Å²) in [7, 11) is -7.71. The molecular weight excluding hydrogens is 302 g/mol. The topological polar surface area (TPSA) is 118 Å². The summed E-state index contributed by atoms with van der Waals surface area (Å²) in [4.78, 5) is -0.117. The molecule has 0 unspecified atom stereocenters. The van der Waals surface area contributed by atoms with Crippen LogP contribution in [-0.2, 0) is 20.2 Å². The van der Waals surface area contributed by atoms with E-state index in [1.807, 2.05) is 0 Å². The number of rotatable bonds is 4. The van der Waals surface area contributed by atoms with Gasteiger partial charge in [0, 0.05) is 5.54 Å². The zero-order chi connectivity index (χ0) is 15.8. The quantitative estimate of drug-likeness (QED) is 0.756. The van der Waals surface area contributed by atoms with Gasteiger partial charge >= 0.3 is 0 Å². The SMILES string of the molecule is Cc1ccc(NS(=O)(=O)NC(C)(C)C)cc1S(N)(=O)=O. The van der Waals surface area contributed by atoms with Crippen molar-refractivity contribution in [2.45, 2.75) is 38.1 Å². The molecule has 4 N–H and O–H groups in total. The van der Waals surface area contributed by atoms with Crippen molar-refractivity contribution in [2.75, 3.05) is 4.72 Å². The van der Waals surface area contributed by atoms with Crippen LogP contribution in [0.15, 0.2) is 23.1 Å². The van der Waals surface area contributed by atoms with Crippen LogP contribution in [0.4, 0.5) is 5.69 Å². The van der Waals surface area contributed by atoms with Crippen LogP contribution in [-0.4, -0.2) is 22.4 Å². The van der Waals surface area contributed by atoms with Crippen LogP contribution in [0.2, 0.25) is 0 Å². The standard InChI is InChI=1S/C11H19N3O4S2/c1-8-5-6-9(7-10(8)19(12,15)16)13-20(17,18)14-11(2,3)4/h5-7,13-14H,1-4H3,(H2,12,15,16). The summed E-state index contributed by atoms with van der Waals surface area (Å²) in [5.41, 5.74) is -0.0881. The Bertz CT molecular complexity index is 704. The normalized spacial score (nSPS) is 13.2. The second-order valence-corrected chi connectivity index (χ2v) is 8.43. The third kappa shape index (κ3) is 5.08. The molecule has 0 spiro atoms. The lowest BCUT2D eigenvalue weighted by Crippen LogP contribution is -2.43. The van der Waals surface area contributed by atoms with Crippen molar-refractivity contribution in [1.29, 1.82) is 0 Å². The zero-order valence-corrected chi connectivity index (χ0v) is 13.4. The van der Waals surface area contributed by atoms with E-state index in [0.717, 1.165) is 0 Å². The fourth-order valence-corrected chi connectivity index (χ4v) is 3.66. The van der Waals surface area contributed by atoms with Crippen molar-refractivity contribution in [2.24, 2.45) is 5.14 Å². The summed E-state index contributed by atoms with van der Waals surface area (Å²) in [5, 5.41) is 5.07. The fraction of sp³-hybridized carbons (Fsp3) is 0.455. The van der Waals surface area contributed by atoms with E-state index < -0.39 is 25.8 Å². The summed E-state index contributed by atoms with van der Waals surface area (Å²) in [5.74, 6) is 0. The average Bonchev–Trinajstić information content (AvgIpc) is 2.14. The molecule has 0 fully saturated rings. The Morgan fingerprint density at radius 2 is 1.65 bits per heavy atom. The third-order valence-corrected chi connectivity index (χ3v) is 4.63. The van der Waals surface area contributed by atoms with Crippen molar-refractivity contribution in [3.05, 3.63) is 23.8 Å². The largest absolute Gasteiger partial charge is 0.299 e. The summed E-state index contributed by atoms with van der Waals surface area (Å²) in [6, 6.07) is 4.13. The van der Waals surface area contributed by atoms with Gasteiger partial charge in [-0.3, -0.25) is 4.72 Å². The highest BCUT2D eigenvalue weighted by Crippen LogP contribution is 2.20. The molecule has 0 aliphatic carbocycles. The maximum absolute atomic E-state index is 11.9. The molecule has 0 radical (unpaired) electrons. The molecule has 0 aliphatic rings. The molecular formula is C11H19N3O4S2. The highest BCUT2D eigenvalue weighted by atomic mass is 32.2. The predicted molar refractivity (Wildman–Crippen MR) is 78.0 cm³/mol. The van der Waals surface area contributed by atoms with Gasteiger partial charge in [0.1, 0.15) is 0 Å². The molecule has 0 saturated heterocycles. The highest BCUT2D eigenvalue weighted by Gasteiger charge is 2.20. The van der Waals surface area contributed by atoms with E-state index in [0.29, 0.717) is 5.56 Å². The monoisotopic (exact) mass is 321 g/mol. The first-order valence-electron chi connectivity index (χ1n) is 5.75. The molecule has 1 aromatic rings. The van der Waals surface area contributed by atoms with Gasteiger partial charge in [0.05, 0.1) is 10.6 Å². The molecule has 1 rings (SSSR count). The molecule has 1 aromatic carbocycles. The van der Waals surface area contributed by atoms with Crippen molar-refractivity contribution in [3.63, 3.8) is 0 Å². The lowest BCUT2D eigenvalue weighted by atomic mass is 10.1. The Morgan fingerprint density at radius 1 is 1.10 bits per heavy atom. The molecule has 7 nitrogen and oxygen atoms in total. The minimum Gasteiger partial charge on any atom is -0.271 e. The summed E-state index contributed by atoms with van der Waals surface area (Å²) in [6.07, 6.45) is 0. The minimum atomic E-state index is -3.90. The first kappa shape index (κ1) is 16.9. The van der Waals surface area contributed by atoms with E-state index in [2.05, 4.69) is 9.44 Å². The van der Waals surface area contributed by atoms with Crippen molar-refractivity contribution in [3.8, 4) is 0 Å². The van der Waals surface area contributed by atoms with E-state index in [9.17, 15) is 16.8 Å². The van der Waals surface area contributed by atoms with Crippen LogP contribution in [0.25, 0.3) is 0 Å². The molecule has 0 amide bonds. The molecule has 0 heterocycles. The zero-order valence-electron chi connectivity index (χ0n) is 11.8. The molecule has 0 aromatic heterocycles. The van der Waals surface area contributed by atoms with Crippen LogP contribution in [0.3, 0.4) is 0 Å². The molecule has 0 aliphatic heterocycles. The van der Waals surface area contributed by atoms with E-state index in [4.69, 9.17) is 5.14 Å². The van der Waals surface area contributed by atoms with E-state index in [-0.39, 0.29) is 10.6 Å². The third-order valence-electron chi connectivity index (χ3n) is 2.19. The first-order valence-corrected chi connectivity index (χ1v) is 8.78. The number of nitrogens with two attached hydrogens (primary N) is 1. The van der Waals surface area contributed by atoms with Gasteiger partial charge in [0.15, 0.2) is 0 Å². The molecule has 0 saturated carbocycles. The van der Waals surface area contributed by atoms with Crippen LogP contribution >= 0.6 is 0 Å².